The number of esters is 1. The summed E-state index contributed by atoms with van der Waals surface area (Å²) in [6.45, 7) is 5.29. The number of ether oxygens (including phenoxy) is 1. The number of benzene rings is 1. The molecular weight excluding hydrogens is 378 g/mol. The van der Waals surface area contributed by atoms with Gasteiger partial charge in [0.25, 0.3) is 0 Å². The first-order chi connectivity index (χ1) is 11.6. The van der Waals surface area contributed by atoms with Gasteiger partial charge in [-0.1, -0.05) is 35.8 Å². The average molecular weight is 390 g/mol. The normalized spacial score (nSPS) is 11.3. The lowest BCUT2D eigenvalue weighted by molar-refractivity contribution is -0.137. The van der Waals surface area contributed by atoms with E-state index in [2.05, 4.69) is 11.6 Å². The number of halogens is 5. The van der Waals surface area contributed by atoms with Crippen molar-refractivity contribution in [3.8, 4) is 11.3 Å². The number of hydrogen-bond donors (Lipinski definition) is 0. The number of nitrogens with zero attached hydrogens (tertiary/aromatic N) is 1. The summed E-state index contributed by atoms with van der Waals surface area (Å²) in [4.78, 5) is 16.1. The molecule has 1 aromatic carbocycles. The van der Waals surface area contributed by atoms with Crippen molar-refractivity contribution in [1.82, 2.24) is 4.98 Å². The molecule has 2 rings (SSSR count). The molecule has 0 saturated heterocycles. The molecule has 0 aliphatic rings. The lowest BCUT2D eigenvalue weighted by Gasteiger charge is -2.11. The molecule has 2 aromatic rings. The Balaban J connectivity index is 2.39. The number of carbonyl (C=O) groups is 1. The van der Waals surface area contributed by atoms with E-state index in [0.29, 0.717) is 5.57 Å². The van der Waals surface area contributed by atoms with Crippen molar-refractivity contribution in [2.75, 3.05) is 6.61 Å². The van der Waals surface area contributed by atoms with Crippen molar-refractivity contribution in [2.45, 2.75) is 13.1 Å². The number of rotatable bonds is 4. The van der Waals surface area contributed by atoms with E-state index in [1.54, 1.807) is 6.92 Å². The van der Waals surface area contributed by atoms with Gasteiger partial charge in [0.1, 0.15) is 6.61 Å². The van der Waals surface area contributed by atoms with Crippen LogP contribution in [0.3, 0.4) is 0 Å². The second-order valence-corrected chi connectivity index (χ2v) is 6.07. The van der Waals surface area contributed by atoms with Crippen LogP contribution in [0.4, 0.5) is 13.2 Å². The van der Waals surface area contributed by atoms with E-state index in [0.717, 1.165) is 12.1 Å². The smallest absolute Gasteiger partial charge is 0.416 e. The Labute approximate surface area is 152 Å². The Morgan fingerprint density at radius 1 is 1.20 bits per heavy atom. The topological polar surface area (TPSA) is 39.2 Å². The molecule has 0 bridgehead atoms. The third kappa shape index (κ3) is 4.74. The molecule has 0 aliphatic heterocycles. The van der Waals surface area contributed by atoms with Crippen LogP contribution in [-0.4, -0.2) is 17.6 Å². The fourth-order valence-electron chi connectivity index (χ4n) is 1.89. The van der Waals surface area contributed by atoms with Crippen molar-refractivity contribution in [3.63, 3.8) is 0 Å². The molecule has 0 atom stereocenters. The van der Waals surface area contributed by atoms with Gasteiger partial charge in [-0.3, -0.25) is 0 Å². The molecule has 8 heteroatoms. The molecule has 3 nitrogen and oxygen atoms in total. The second-order valence-electron chi connectivity index (χ2n) is 5.25. The minimum atomic E-state index is -4.51. The Hall–Kier alpha value is -2.05. The highest BCUT2D eigenvalue weighted by molar-refractivity contribution is 6.34. The highest BCUT2D eigenvalue weighted by Gasteiger charge is 2.31. The van der Waals surface area contributed by atoms with Crippen LogP contribution in [0.2, 0.25) is 10.0 Å². The number of aromatic nitrogens is 1. The summed E-state index contributed by atoms with van der Waals surface area (Å²) in [5.74, 6) is -0.766. The number of carbonyl (C=O) groups excluding carboxylic acids is 1. The Morgan fingerprint density at radius 3 is 2.44 bits per heavy atom. The lowest BCUT2D eigenvalue weighted by Crippen LogP contribution is -2.10. The van der Waals surface area contributed by atoms with Crippen LogP contribution in [0, 0.1) is 0 Å². The first-order valence-electron chi connectivity index (χ1n) is 6.94. The standard InChI is InChI=1S/C17H12Cl2F3NO2/c1-9(2)8-25-16(24)15-12(18)5-6-14(23-15)11-4-3-10(7-13(11)19)17(20,21)22/h3-7H,1,8H2,2H3. The summed E-state index contributed by atoms with van der Waals surface area (Å²) in [5, 5.41) is -0.0931. The fraction of sp³-hybridized carbons (Fsp3) is 0.176. The first kappa shape index (κ1) is 19.3. The molecule has 0 fully saturated rings. The molecule has 0 radical (unpaired) electrons. The predicted molar refractivity (Wildman–Crippen MR) is 89.8 cm³/mol. The summed E-state index contributed by atoms with van der Waals surface area (Å²) >= 11 is 11.9. The zero-order valence-corrected chi connectivity index (χ0v) is 14.5. The molecule has 25 heavy (non-hydrogen) atoms. The molecule has 0 saturated carbocycles. The van der Waals surface area contributed by atoms with E-state index in [1.807, 2.05) is 0 Å². The summed E-state index contributed by atoms with van der Waals surface area (Å²) < 4.78 is 43.1. The maximum atomic E-state index is 12.7. The van der Waals surface area contributed by atoms with Crippen molar-refractivity contribution < 1.29 is 22.7 Å². The lowest BCUT2D eigenvalue weighted by atomic mass is 10.1. The van der Waals surface area contributed by atoms with Gasteiger partial charge in [-0.2, -0.15) is 13.2 Å². The van der Waals surface area contributed by atoms with E-state index >= 15 is 0 Å². The quantitative estimate of drug-likeness (QED) is 0.489. The van der Waals surface area contributed by atoms with Crippen molar-refractivity contribution in [3.05, 3.63) is 63.8 Å². The van der Waals surface area contributed by atoms with Crippen LogP contribution >= 0.6 is 23.2 Å². The van der Waals surface area contributed by atoms with E-state index in [9.17, 15) is 18.0 Å². The van der Waals surface area contributed by atoms with Gasteiger partial charge in [-0.05, 0) is 36.8 Å². The third-order valence-corrected chi connectivity index (χ3v) is 3.68. The summed E-state index contributed by atoms with van der Waals surface area (Å²) in [6.07, 6.45) is -4.51. The summed E-state index contributed by atoms with van der Waals surface area (Å²) in [7, 11) is 0. The van der Waals surface area contributed by atoms with E-state index < -0.39 is 17.7 Å². The number of pyridine rings is 1. The van der Waals surface area contributed by atoms with Gasteiger partial charge in [-0.25, -0.2) is 9.78 Å². The van der Waals surface area contributed by atoms with Crippen LogP contribution in [0.1, 0.15) is 23.0 Å². The van der Waals surface area contributed by atoms with Crippen LogP contribution < -0.4 is 0 Å². The maximum Gasteiger partial charge on any atom is 0.416 e. The summed E-state index contributed by atoms with van der Waals surface area (Å²) in [6, 6.07) is 5.72. The monoisotopic (exact) mass is 389 g/mol. The van der Waals surface area contributed by atoms with Crippen molar-refractivity contribution in [1.29, 1.82) is 0 Å². The fourth-order valence-corrected chi connectivity index (χ4v) is 2.35. The Kier molecular flexibility index (Phi) is 5.75. The van der Waals surface area contributed by atoms with Crippen molar-refractivity contribution >= 4 is 29.2 Å². The highest BCUT2D eigenvalue weighted by atomic mass is 35.5. The van der Waals surface area contributed by atoms with E-state index in [-0.39, 0.29) is 33.6 Å². The largest absolute Gasteiger partial charge is 0.456 e. The van der Waals surface area contributed by atoms with E-state index in [1.165, 1.54) is 18.2 Å². The molecule has 1 heterocycles. The molecule has 0 N–H and O–H groups in total. The molecule has 0 amide bonds. The first-order valence-corrected chi connectivity index (χ1v) is 7.70. The van der Waals surface area contributed by atoms with Crippen LogP contribution in [0.5, 0.6) is 0 Å². The van der Waals surface area contributed by atoms with Gasteiger partial charge in [0.15, 0.2) is 5.69 Å². The second kappa shape index (κ2) is 7.45. The van der Waals surface area contributed by atoms with Gasteiger partial charge in [-0.15, -0.1) is 0 Å². The SMILES string of the molecule is C=C(C)COC(=O)c1nc(-c2ccc(C(F)(F)F)cc2Cl)ccc1Cl. The Bertz CT molecular complexity index is 835. The Morgan fingerprint density at radius 2 is 1.88 bits per heavy atom. The third-order valence-electron chi connectivity index (χ3n) is 3.06. The van der Waals surface area contributed by atoms with Crippen LogP contribution in [-0.2, 0) is 10.9 Å². The molecule has 0 unspecified atom stereocenters. The highest BCUT2D eigenvalue weighted by Crippen LogP contribution is 2.35. The van der Waals surface area contributed by atoms with E-state index in [4.69, 9.17) is 27.9 Å². The maximum absolute atomic E-state index is 12.7. The van der Waals surface area contributed by atoms with Gasteiger partial charge < -0.3 is 4.74 Å². The van der Waals surface area contributed by atoms with Gasteiger partial charge in [0.05, 0.1) is 21.3 Å². The molecule has 1 aromatic heterocycles. The van der Waals surface area contributed by atoms with Gasteiger partial charge in [0.2, 0.25) is 0 Å². The zero-order chi connectivity index (χ0) is 18.8. The number of alkyl halides is 3. The molecule has 0 spiro atoms. The van der Waals surface area contributed by atoms with Crippen LogP contribution in [0.25, 0.3) is 11.3 Å². The van der Waals surface area contributed by atoms with Gasteiger partial charge >= 0.3 is 12.1 Å². The molecule has 132 valence electrons. The summed E-state index contributed by atoms with van der Waals surface area (Å²) in [5.41, 5.74) is 0.0322. The van der Waals surface area contributed by atoms with Crippen LogP contribution in [0.15, 0.2) is 42.5 Å². The van der Waals surface area contributed by atoms with Crippen molar-refractivity contribution in [2.24, 2.45) is 0 Å². The molecule has 0 aliphatic carbocycles. The minimum Gasteiger partial charge on any atom is -0.456 e. The number of hydrogen-bond acceptors (Lipinski definition) is 3. The average Bonchev–Trinajstić information content (AvgIpc) is 2.52. The zero-order valence-electron chi connectivity index (χ0n) is 13.0. The van der Waals surface area contributed by atoms with Gasteiger partial charge in [0, 0.05) is 5.56 Å². The molecular formula is C17H12Cl2F3NO2. The minimum absolute atomic E-state index is 0.00209. The predicted octanol–water partition coefficient (Wildman–Crippen LogP) is 5.81.